The molecule has 0 N–H and O–H groups in total. The van der Waals surface area contributed by atoms with Crippen molar-refractivity contribution in [2.45, 2.75) is 32.0 Å². The zero-order valence-electron chi connectivity index (χ0n) is 9.70. The van der Waals surface area contributed by atoms with Gasteiger partial charge in [-0.05, 0) is 6.42 Å². The molecular weight excluding hydrogens is 251 g/mol. The van der Waals surface area contributed by atoms with E-state index in [9.17, 15) is 18.0 Å². The fraction of sp³-hybridized carbons (Fsp3) is 0.700. The summed E-state index contributed by atoms with van der Waals surface area (Å²) in [7, 11) is 1.29. The molecule has 0 amide bonds. The molecule has 1 aromatic heterocycles. The van der Waals surface area contributed by atoms with Gasteiger partial charge >= 0.3 is 12.1 Å². The van der Waals surface area contributed by atoms with Crippen molar-refractivity contribution in [2.75, 3.05) is 7.11 Å². The minimum absolute atomic E-state index is 0.0965. The maximum absolute atomic E-state index is 12.3. The second-order valence-electron chi connectivity index (χ2n) is 4.19. The van der Waals surface area contributed by atoms with Crippen LogP contribution in [0.2, 0.25) is 0 Å². The number of carbonyl (C=O) groups excluding carboxylic acids is 1. The number of aromatic nitrogens is 3. The summed E-state index contributed by atoms with van der Waals surface area (Å²) in [6.07, 6.45) is -4.67. The van der Waals surface area contributed by atoms with Crippen LogP contribution in [0.4, 0.5) is 13.2 Å². The van der Waals surface area contributed by atoms with Crippen molar-refractivity contribution in [1.29, 1.82) is 0 Å². The topological polar surface area (TPSA) is 57.0 Å². The molecule has 0 aliphatic carbocycles. The predicted molar refractivity (Wildman–Crippen MR) is 53.6 cm³/mol. The average Bonchev–Trinajstić information content (AvgIpc) is 2.68. The first kappa shape index (κ1) is 12.8. The third-order valence-corrected chi connectivity index (χ3v) is 2.93. The van der Waals surface area contributed by atoms with Crippen molar-refractivity contribution < 1.29 is 22.7 Å². The third kappa shape index (κ3) is 2.62. The SMILES string of the molecule is COC(=O)C1CCn2c(nnc2CC(F)(F)F)C1. The largest absolute Gasteiger partial charge is 0.469 e. The van der Waals surface area contributed by atoms with E-state index in [4.69, 9.17) is 0 Å². The van der Waals surface area contributed by atoms with E-state index in [1.165, 1.54) is 11.7 Å². The van der Waals surface area contributed by atoms with Crippen molar-refractivity contribution in [2.24, 2.45) is 5.92 Å². The zero-order chi connectivity index (χ0) is 13.3. The van der Waals surface area contributed by atoms with Gasteiger partial charge in [0.05, 0.1) is 13.0 Å². The molecule has 1 aliphatic rings. The van der Waals surface area contributed by atoms with E-state index in [0.29, 0.717) is 18.8 Å². The highest BCUT2D eigenvalue weighted by Crippen LogP contribution is 2.25. The van der Waals surface area contributed by atoms with Crippen molar-refractivity contribution >= 4 is 5.97 Å². The van der Waals surface area contributed by atoms with E-state index >= 15 is 0 Å². The number of esters is 1. The van der Waals surface area contributed by atoms with E-state index in [0.717, 1.165) is 0 Å². The number of ether oxygens (including phenoxy) is 1. The van der Waals surface area contributed by atoms with Crippen LogP contribution >= 0.6 is 0 Å². The minimum Gasteiger partial charge on any atom is -0.469 e. The summed E-state index contributed by atoms with van der Waals surface area (Å²) in [5.74, 6) is -0.385. The van der Waals surface area contributed by atoms with Crippen LogP contribution in [0.5, 0.6) is 0 Å². The Balaban J connectivity index is 2.14. The van der Waals surface area contributed by atoms with Gasteiger partial charge in [-0.2, -0.15) is 13.2 Å². The summed E-state index contributed by atoms with van der Waals surface area (Å²) in [5.41, 5.74) is 0. The fourth-order valence-corrected chi connectivity index (χ4v) is 2.07. The molecule has 1 aromatic rings. The molecule has 2 heterocycles. The zero-order valence-corrected chi connectivity index (χ0v) is 9.70. The van der Waals surface area contributed by atoms with E-state index in [2.05, 4.69) is 14.9 Å². The van der Waals surface area contributed by atoms with Gasteiger partial charge in [-0.3, -0.25) is 4.79 Å². The number of methoxy groups -OCH3 is 1. The van der Waals surface area contributed by atoms with E-state index in [-0.39, 0.29) is 24.1 Å². The molecule has 5 nitrogen and oxygen atoms in total. The molecule has 0 fully saturated rings. The lowest BCUT2D eigenvalue weighted by molar-refractivity contribution is -0.146. The second kappa shape index (κ2) is 4.58. The number of rotatable bonds is 2. The first-order chi connectivity index (χ1) is 8.40. The van der Waals surface area contributed by atoms with Gasteiger partial charge in [-0.25, -0.2) is 0 Å². The van der Waals surface area contributed by atoms with Crippen LogP contribution in [0.3, 0.4) is 0 Å². The van der Waals surface area contributed by atoms with Crippen LogP contribution in [0, 0.1) is 5.92 Å². The molecule has 2 rings (SSSR count). The van der Waals surface area contributed by atoms with Gasteiger partial charge in [0, 0.05) is 13.0 Å². The Bertz CT molecular complexity index is 456. The highest BCUT2D eigenvalue weighted by Gasteiger charge is 2.34. The summed E-state index contributed by atoms with van der Waals surface area (Å²) in [5, 5.41) is 7.26. The molecule has 18 heavy (non-hydrogen) atoms. The molecule has 0 aromatic carbocycles. The van der Waals surface area contributed by atoms with Gasteiger partial charge < -0.3 is 9.30 Å². The third-order valence-electron chi connectivity index (χ3n) is 2.93. The highest BCUT2D eigenvalue weighted by atomic mass is 19.4. The highest BCUT2D eigenvalue weighted by molar-refractivity contribution is 5.72. The predicted octanol–water partition coefficient (Wildman–Crippen LogP) is 1.12. The number of hydrogen-bond acceptors (Lipinski definition) is 4. The molecular formula is C10H12F3N3O2. The van der Waals surface area contributed by atoms with Crippen LogP contribution in [0.1, 0.15) is 18.1 Å². The Kier molecular flexibility index (Phi) is 3.27. The first-order valence-electron chi connectivity index (χ1n) is 5.46. The fourth-order valence-electron chi connectivity index (χ4n) is 2.07. The molecule has 0 saturated carbocycles. The van der Waals surface area contributed by atoms with E-state index in [1.54, 1.807) is 0 Å². The summed E-state index contributed by atoms with van der Waals surface area (Å²) < 4.78 is 42.9. The number of hydrogen-bond donors (Lipinski definition) is 0. The summed E-state index contributed by atoms with van der Waals surface area (Å²) in [4.78, 5) is 11.4. The Hall–Kier alpha value is -1.60. The number of fused-ring (bicyclic) bond motifs is 1. The quantitative estimate of drug-likeness (QED) is 0.750. The van der Waals surface area contributed by atoms with E-state index < -0.39 is 12.6 Å². The Morgan fingerprint density at radius 3 is 2.83 bits per heavy atom. The molecule has 0 saturated heterocycles. The molecule has 0 spiro atoms. The van der Waals surface area contributed by atoms with Gasteiger partial charge in [-0.15, -0.1) is 10.2 Å². The monoisotopic (exact) mass is 263 g/mol. The second-order valence-corrected chi connectivity index (χ2v) is 4.19. The van der Waals surface area contributed by atoms with Gasteiger partial charge in [0.1, 0.15) is 18.1 Å². The molecule has 0 radical (unpaired) electrons. The van der Waals surface area contributed by atoms with Gasteiger partial charge in [-0.1, -0.05) is 0 Å². The summed E-state index contributed by atoms with van der Waals surface area (Å²) >= 11 is 0. The normalized spacial score (nSPS) is 19.4. The molecule has 0 bridgehead atoms. The van der Waals surface area contributed by atoms with Crippen LogP contribution in [0.15, 0.2) is 0 Å². The summed E-state index contributed by atoms with van der Waals surface area (Å²) in [6, 6.07) is 0. The van der Waals surface area contributed by atoms with E-state index in [1.807, 2.05) is 0 Å². The Morgan fingerprint density at radius 2 is 2.22 bits per heavy atom. The van der Waals surface area contributed by atoms with Crippen molar-refractivity contribution in [3.05, 3.63) is 11.6 Å². The maximum Gasteiger partial charge on any atom is 0.396 e. The number of alkyl halides is 3. The molecule has 100 valence electrons. The van der Waals surface area contributed by atoms with Crippen LogP contribution < -0.4 is 0 Å². The lowest BCUT2D eigenvalue weighted by Gasteiger charge is -2.21. The number of nitrogens with zero attached hydrogens (tertiary/aromatic N) is 3. The van der Waals surface area contributed by atoms with Crippen molar-refractivity contribution in [1.82, 2.24) is 14.8 Å². The lowest BCUT2D eigenvalue weighted by atomic mass is 9.98. The van der Waals surface area contributed by atoms with Gasteiger partial charge in [0.15, 0.2) is 0 Å². The molecule has 1 atom stereocenters. The lowest BCUT2D eigenvalue weighted by Crippen LogP contribution is -2.28. The molecule has 8 heteroatoms. The summed E-state index contributed by atoms with van der Waals surface area (Å²) in [6.45, 7) is 0.313. The smallest absolute Gasteiger partial charge is 0.396 e. The van der Waals surface area contributed by atoms with Gasteiger partial charge in [0.2, 0.25) is 0 Å². The van der Waals surface area contributed by atoms with Crippen molar-refractivity contribution in [3.8, 4) is 0 Å². The Morgan fingerprint density at radius 1 is 1.50 bits per heavy atom. The van der Waals surface area contributed by atoms with Crippen LogP contribution in [0.25, 0.3) is 0 Å². The molecule has 1 aliphatic heterocycles. The minimum atomic E-state index is -4.30. The maximum atomic E-state index is 12.3. The van der Waals surface area contributed by atoms with Crippen LogP contribution in [-0.2, 0) is 28.9 Å². The average molecular weight is 263 g/mol. The van der Waals surface area contributed by atoms with Gasteiger partial charge in [0.25, 0.3) is 0 Å². The standard InChI is InChI=1S/C10H12F3N3O2/c1-18-9(17)6-2-3-16-7(4-6)14-15-8(16)5-10(11,12)13/h6H,2-5H2,1H3. The van der Waals surface area contributed by atoms with Crippen molar-refractivity contribution in [3.63, 3.8) is 0 Å². The Labute approximate surface area is 101 Å². The van der Waals surface area contributed by atoms with Crippen LogP contribution in [-0.4, -0.2) is 34.0 Å². The number of carbonyl (C=O) groups is 1. The molecule has 1 unspecified atom stereocenters. The number of halogens is 3. The first-order valence-corrected chi connectivity index (χ1v) is 5.46.